The molecule has 0 spiro atoms. The van der Waals surface area contributed by atoms with Gasteiger partial charge in [-0.2, -0.15) is 5.10 Å². The molecule has 3 aromatic rings. The van der Waals surface area contributed by atoms with Crippen molar-refractivity contribution in [2.24, 2.45) is 0 Å². The Hall–Kier alpha value is -3.22. The SMILES string of the molecule is Cc1nc(CCNC(=O)c2ccc(=O)[nH]n2)cn1-c1ccccc1. The minimum Gasteiger partial charge on any atom is -0.350 e. The Balaban J connectivity index is 1.60. The van der Waals surface area contributed by atoms with Crippen molar-refractivity contribution in [3.8, 4) is 5.69 Å². The van der Waals surface area contributed by atoms with Crippen LogP contribution < -0.4 is 10.9 Å². The molecule has 0 radical (unpaired) electrons. The fourth-order valence-corrected chi connectivity index (χ4v) is 2.37. The molecular formula is C17H17N5O2. The van der Waals surface area contributed by atoms with E-state index in [2.05, 4.69) is 20.5 Å². The van der Waals surface area contributed by atoms with Crippen LogP contribution in [0.3, 0.4) is 0 Å². The minimum atomic E-state index is -0.339. The maximum absolute atomic E-state index is 11.9. The van der Waals surface area contributed by atoms with E-state index in [0.717, 1.165) is 17.2 Å². The molecule has 3 rings (SSSR count). The number of carbonyl (C=O) groups is 1. The van der Waals surface area contributed by atoms with E-state index >= 15 is 0 Å². The molecule has 122 valence electrons. The van der Waals surface area contributed by atoms with Crippen LogP contribution in [0.2, 0.25) is 0 Å². The Kier molecular flexibility index (Phi) is 4.51. The molecule has 1 aromatic carbocycles. The van der Waals surface area contributed by atoms with Gasteiger partial charge in [-0.3, -0.25) is 9.59 Å². The number of carbonyl (C=O) groups excluding carboxylic acids is 1. The summed E-state index contributed by atoms with van der Waals surface area (Å²) in [5, 5.41) is 8.69. The average Bonchev–Trinajstić information content (AvgIpc) is 2.97. The number of imidazole rings is 1. The van der Waals surface area contributed by atoms with Gasteiger partial charge >= 0.3 is 0 Å². The second-order valence-electron chi connectivity index (χ2n) is 5.30. The molecule has 24 heavy (non-hydrogen) atoms. The predicted octanol–water partition coefficient (Wildman–Crippen LogP) is 1.24. The van der Waals surface area contributed by atoms with Crippen molar-refractivity contribution >= 4 is 5.91 Å². The van der Waals surface area contributed by atoms with E-state index in [0.29, 0.717) is 13.0 Å². The summed E-state index contributed by atoms with van der Waals surface area (Å²) in [6.07, 6.45) is 2.57. The number of aryl methyl sites for hydroxylation is 1. The predicted molar refractivity (Wildman–Crippen MR) is 89.2 cm³/mol. The van der Waals surface area contributed by atoms with Gasteiger partial charge in [0, 0.05) is 30.9 Å². The Morgan fingerprint density at radius 1 is 1.21 bits per heavy atom. The van der Waals surface area contributed by atoms with Crippen LogP contribution in [-0.4, -0.2) is 32.2 Å². The number of nitrogens with one attached hydrogen (secondary N) is 2. The van der Waals surface area contributed by atoms with Gasteiger partial charge in [0.05, 0.1) is 5.69 Å². The largest absolute Gasteiger partial charge is 0.350 e. The number of hydrogen-bond acceptors (Lipinski definition) is 4. The molecule has 0 saturated heterocycles. The maximum Gasteiger partial charge on any atom is 0.271 e. The van der Waals surface area contributed by atoms with Gasteiger partial charge in [-0.1, -0.05) is 18.2 Å². The van der Waals surface area contributed by atoms with Crippen LogP contribution in [0.5, 0.6) is 0 Å². The Morgan fingerprint density at radius 2 is 2.00 bits per heavy atom. The first-order valence-corrected chi connectivity index (χ1v) is 7.58. The summed E-state index contributed by atoms with van der Waals surface area (Å²) in [5.74, 6) is 0.565. The molecule has 0 aliphatic heterocycles. The summed E-state index contributed by atoms with van der Waals surface area (Å²) in [5.41, 5.74) is 1.79. The van der Waals surface area contributed by atoms with E-state index < -0.39 is 0 Å². The number of benzene rings is 1. The lowest BCUT2D eigenvalue weighted by molar-refractivity contribution is 0.0948. The van der Waals surface area contributed by atoms with Crippen molar-refractivity contribution in [2.75, 3.05) is 6.54 Å². The summed E-state index contributed by atoms with van der Waals surface area (Å²) < 4.78 is 2.01. The number of hydrogen-bond donors (Lipinski definition) is 2. The summed E-state index contributed by atoms with van der Waals surface area (Å²) in [7, 11) is 0. The highest BCUT2D eigenvalue weighted by Gasteiger charge is 2.09. The number of rotatable bonds is 5. The first-order chi connectivity index (χ1) is 11.6. The van der Waals surface area contributed by atoms with Crippen molar-refractivity contribution < 1.29 is 4.79 Å². The van der Waals surface area contributed by atoms with E-state index in [1.165, 1.54) is 12.1 Å². The third kappa shape index (κ3) is 3.57. The van der Waals surface area contributed by atoms with Crippen molar-refractivity contribution in [1.29, 1.82) is 0 Å². The third-order valence-corrected chi connectivity index (χ3v) is 3.54. The first kappa shape index (κ1) is 15.7. The van der Waals surface area contributed by atoms with Gasteiger partial charge in [0.2, 0.25) is 0 Å². The second-order valence-corrected chi connectivity index (χ2v) is 5.30. The summed E-state index contributed by atoms with van der Waals surface area (Å²) in [6.45, 7) is 2.38. The van der Waals surface area contributed by atoms with Crippen LogP contribution in [-0.2, 0) is 6.42 Å². The third-order valence-electron chi connectivity index (χ3n) is 3.54. The van der Waals surface area contributed by atoms with Crippen LogP contribution >= 0.6 is 0 Å². The number of aromatic nitrogens is 4. The molecule has 2 N–H and O–H groups in total. The van der Waals surface area contributed by atoms with E-state index in [-0.39, 0.29) is 17.2 Å². The summed E-state index contributed by atoms with van der Waals surface area (Å²) >= 11 is 0. The van der Waals surface area contributed by atoms with Crippen molar-refractivity contribution in [3.05, 3.63) is 76.2 Å². The number of amides is 1. The van der Waals surface area contributed by atoms with E-state index in [9.17, 15) is 9.59 Å². The topological polar surface area (TPSA) is 92.7 Å². The molecule has 0 atom stereocenters. The Morgan fingerprint density at radius 3 is 2.71 bits per heavy atom. The molecular weight excluding hydrogens is 306 g/mol. The molecule has 0 aliphatic rings. The van der Waals surface area contributed by atoms with Gasteiger partial charge in [-0.05, 0) is 25.1 Å². The van der Waals surface area contributed by atoms with E-state index in [1.54, 1.807) is 0 Å². The quantitative estimate of drug-likeness (QED) is 0.739. The van der Waals surface area contributed by atoms with Crippen LogP contribution in [0.15, 0.2) is 53.5 Å². The lowest BCUT2D eigenvalue weighted by Crippen LogP contribution is -2.27. The lowest BCUT2D eigenvalue weighted by atomic mass is 10.3. The molecule has 0 bridgehead atoms. The molecule has 0 aliphatic carbocycles. The van der Waals surface area contributed by atoms with Gasteiger partial charge in [0.25, 0.3) is 11.5 Å². The molecule has 2 aromatic heterocycles. The average molecular weight is 323 g/mol. The van der Waals surface area contributed by atoms with Gasteiger partial charge in [-0.15, -0.1) is 0 Å². The highest BCUT2D eigenvalue weighted by atomic mass is 16.2. The zero-order valence-corrected chi connectivity index (χ0v) is 13.2. The van der Waals surface area contributed by atoms with Gasteiger partial charge < -0.3 is 9.88 Å². The van der Waals surface area contributed by atoms with Gasteiger partial charge in [0.15, 0.2) is 0 Å². The van der Waals surface area contributed by atoms with E-state index in [4.69, 9.17) is 0 Å². The highest BCUT2D eigenvalue weighted by Crippen LogP contribution is 2.12. The number of aromatic amines is 1. The second kappa shape index (κ2) is 6.91. The normalized spacial score (nSPS) is 10.5. The first-order valence-electron chi connectivity index (χ1n) is 7.58. The van der Waals surface area contributed by atoms with Crippen molar-refractivity contribution in [2.45, 2.75) is 13.3 Å². The number of para-hydroxylation sites is 1. The van der Waals surface area contributed by atoms with Crippen molar-refractivity contribution in [1.82, 2.24) is 25.1 Å². The summed E-state index contributed by atoms with van der Waals surface area (Å²) in [6, 6.07) is 12.6. The molecule has 0 saturated carbocycles. The molecule has 7 nitrogen and oxygen atoms in total. The van der Waals surface area contributed by atoms with Crippen LogP contribution in [0.1, 0.15) is 22.0 Å². The van der Waals surface area contributed by atoms with Crippen molar-refractivity contribution in [3.63, 3.8) is 0 Å². The van der Waals surface area contributed by atoms with Crippen LogP contribution in [0.25, 0.3) is 5.69 Å². The zero-order chi connectivity index (χ0) is 16.9. The monoisotopic (exact) mass is 323 g/mol. The van der Waals surface area contributed by atoms with Gasteiger partial charge in [-0.25, -0.2) is 10.1 Å². The number of H-pyrrole nitrogens is 1. The molecule has 0 unspecified atom stereocenters. The van der Waals surface area contributed by atoms with Crippen LogP contribution in [0, 0.1) is 6.92 Å². The highest BCUT2D eigenvalue weighted by molar-refractivity contribution is 5.91. The molecule has 2 heterocycles. The smallest absolute Gasteiger partial charge is 0.271 e. The standard InChI is InChI=1S/C17H17N5O2/c1-12-19-13(11-22(12)14-5-3-2-4-6-14)9-10-18-17(24)15-7-8-16(23)21-20-15/h2-8,11H,9-10H2,1H3,(H,18,24)(H,21,23). The van der Waals surface area contributed by atoms with Crippen LogP contribution in [0.4, 0.5) is 0 Å². The number of nitrogens with zero attached hydrogens (tertiary/aromatic N) is 3. The zero-order valence-electron chi connectivity index (χ0n) is 13.2. The van der Waals surface area contributed by atoms with Gasteiger partial charge in [0.1, 0.15) is 11.5 Å². The lowest BCUT2D eigenvalue weighted by Gasteiger charge is -2.03. The fraction of sp³-hybridized carbons (Fsp3) is 0.176. The fourth-order valence-electron chi connectivity index (χ4n) is 2.37. The Bertz CT molecular complexity index is 878. The minimum absolute atomic E-state index is 0.181. The molecule has 1 amide bonds. The van der Waals surface area contributed by atoms with E-state index in [1.807, 2.05) is 48.0 Å². The summed E-state index contributed by atoms with van der Waals surface area (Å²) in [4.78, 5) is 27.4. The Labute approximate surface area is 138 Å². The molecule has 0 fully saturated rings. The molecule has 7 heteroatoms. The maximum atomic E-state index is 11.9.